The molecule has 0 atom stereocenters. The molecule has 0 fully saturated rings. The van der Waals surface area contributed by atoms with Gasteiger partial charge in [-0.05, 0) is 24.5 Å². The highest BCUT2D eigenvalue weighted by molar-refractivity contribution is 5.96. The molecule has 1 aromatic heterocycles. The Morgan fingerprint density at radius 2 is 2.16 bits per heavy atom. The van der Waals surface area contributed by atoms with E-state index in [2.05, 4.69) is 4.98 Å². The molecule has 3 rings (SSSR count). The van der Waals surface area contributed by atoms with Crippen LogP contribution in [0.2, 0.25) is 0 Å². The van der Waals surface area contributed by atoms with E-state index in [0.717, 1.165) is 29.7 Å². The van der Waals surface area contributed by atoms with Crippen molar-refractivity contribution in [1.29, 1.82) is 0 Å². The van der Waals surface area contributed by atoms with Gasteiger partial charge >= 0.3 is 5.97 Å². The predicted molar refractivity (Wildman–Crippen MR) is 70.4 cm³/mol. The lowest BCUT2D eigenvalue weighted by Gasteiger charge is -2.20. The Balaban J connectivity index is 2.20. The van der Waals surface area contributed by atoms with Gasteiger partial charge in [-0.3, -0.25) is 4.98 Å². The third-order valence-corrected chi connectivity index (χ3v) is 3.28. The van der Waals surface area contributed by atoms with E-state index in [1.54, 1.807) is 6.20 Å². The first-order valence-corrected chi connectivity index (χ1v) is 6.20. The third kappa shape index (κ3) is 2.05. The summed E-state index contributed by atoms with van der Waals surface area (Å²) in [4.78, 5) is 15.3. The highest BCUT2D eigenvalue weighted by atomic mass is 16.5. The number of hydrogen-bond acceptors (Lipinski definition) is 3. The lowest BCUT2D eigenvalue weighted by atomic mass is 9.96. The van der Waals surface area contributed by atoms with E-state index in [-0.39, 0.29) is 5.56 Å². The van der Waals surface area contributed by atoms with Crippen molar-refractivity contribution in [2.45, 2.75) is 12.8 Å². The van der Waals surface area contributed by atoms with Crippen molar-refractivity contribution in [3.8, 4) is 16.9 Å². The molecule has 2 heterocycles. The molecule has 0 radical (unpaired) electrons. The number of ether oxygens (including phenoxy) is 1. The summed E-state index contributed by atoms with van der Waals surface area (Å²) in [7, 11) is 0. The number of benzene rings is 1. The highest BCUT2D eigenvalue weighted by Crippen LogP contribution is 2.37. The molecule has 0 unspecified atom stereocenters. The number of aryl methyl sites for hydroxylation is 1. The van der Waals surface area contributed by atoms with Crippen LogP contribution in [0.5, 0.6) is 5.75 Å². The lowest BCUT2D eigenvalue weighted by Crippen LogP contribution is -2.10. The quantitative estimate of drug-likeness (QED) is 0.896. The number of hydrogen-bond donors (Lipinski definition) is 1. The Morgan fingerprint density at radius 3 is 3.00 bits per heavy atom. The molecule has 0 saturated carbocycles. The predicted octanol–water partition coefficient (Wildman–Crippen LogP) is 2.77. The Hall–Kier alpha value is -2.36. The molecule has 0 spiro atoms. The maximum absolute atomic E-state index is 11.3. The van der Waals surface area contributed by atoms with Crippen LogP contribution in [0.15, 0.2) is 36.7 Å². The minimum Gasteiger partial charge on any atom is -0.493 e. The minimum atomic E-state index is -0.953. The molecule has 0 aliphatic carbocycles. The van der Waals surface area contributed by atoms with E-state index in [4.69, 9.17) is 4.74 Å². The smallest absolute Gasteiger partial charge is 0.336 e. The van der Waals surface area contributed by atoms with Crippen molar-refractivity contribution in [1.82, 2.24) is 4.98 Å². The summed E-state index contributed by atoms with van der Waals surface area (Å²) < 4.78 is 5.72. The number of fused-ring (bicyclic) bond motifs is 1. The molecule has 4 heteroatoms. The fourth-order valence-corrected chi connectivity index (χ4v) is 2.40. The van der Waals surface area contributed by atoms with Crippen LogP contribution in [0.3, 0.4) is 0 Å². The van der Waals surface area contributed by atoms with Crippen LogP contribution in [-0.4, -0.2) is 22.7 Å². The van der Waals surface area contributed by atoms with Crippen molar-refractivity contribution < 1.29 is 14.6 Å². The average Bonchev–Trinajstić information content (AvgIpc) is 2.46. The summed E-state index contributed by atoms with van der Waals surface area (Å²) in [5, 5.41) is 9.26. The number of aromatic carboxylic acids is 1. The molecule has 96 valence electrons. The molecule has 19 heavy (non-hydrogen) atoms. The van der Waals surface area contributed by atoms with E-state index in [9.17, 15) is 9.90 Å². The second-order valence-corrected chi connectivity index (χ2v) is 4.47. The molecule has 1 aromatic carbocycles. The van der Waals surface area contributed by atoms with E-state index < -0.39 is 5.97 Å². The standard InChI is InChI=1S/C15H13NO3/c17-15(18)12-6-7-16-9-13(12)11-5-1-3-10-4-2-8-19-14(10)11/h1,3,5-7,9H,2,4,8H2,(H,17,18). The molecule has 0 amide bonds. The molecule has 0 saturated heterocycles. The molecule has 1 aliphatic rings. The third-order valence-electron chi connectivity index (χ3n) is 3.28. The number of para-hydroxylation sites is 1. The fraction of sp³-hybridized carbons (Fsp3) is 0.200. The molecular weight excluding hydrogens is 242 g/mol. The summed E-state index contributed by atoms with van der Waals surface area (Å²) in [6, 6.07) is 7.35. The van der Waals surface area contributed by atoms with Gasteiger partial charge in [-0.15, -0.1) is 0 Å². The van der Waals surface area contributed by atoms with Gasteiger partial charge in [0.25, 0.3) is 0 Å². The van der Waals surface area contributed by atoms with Crippen LogP contribution in [0.4, 0.5) is 0 Å². The van der Waals surface area contributed by atoms with Crippen LogP contribution in [0.1, 0.15) is 22.3 Å². The number of aromatic nitrogens is 1. The monoisotopic (exact) mass is 255 g/mol. The summed E-state index contributed by atoms with van der Waals surface area (Å²) in [6.07, 6.45) is 5.03. The van der Waals surface area contributed by atoms with Crippen molar-refractivity contribution in [2.24, 2.45) is 0 Å². The van der Waals surface area contributed by atoms with Crippen LogP contribution >= 0.6 is 0 Å². The van der Waals surface area contributed by atoms with Crippen molar-refractivity contribution >= 4 is 5.97 Å². The second kappa shape index (κ2) is 4.72. The Labute approximate surface area is 110 Å². The number of nitrogens with zero attached hydrogens (tertiary/aromatic N) is 1. The van der Waals surface area contributed by atoms with Crippen LogP contribution < -0.4 is 4.74 Å². The largest absolute Gasteiger partial charge is 0.493 e. The van der Waals surface area contributed by atoms with Crippen LogP contribution in [-0.2, 0) is 6.42 Å². The van der Waals surface area contributed by atoms with E-state index in [1.165, 1.54) is 12.3 Å². The molecule has 1 aliphatic heterocycles. The molecule has 1 N–H and O–H groups in total. The van der Waals surface area contributed by atoms with Gasteiger partial charge in [0.05, 0.1) is 12.2 Å². The summed E-state index contributed by atoms with van der Waals surface area (Å²) in [5.41, 5.74) is 2.79. The number of rotatable bonds is 2. The van der Waals surface area contributed by atoms with Gasteiger partial charge in [0.15, 0.2) is 0 Å². The van der Waals surface area contributed by atoms with Gasteiger partial charge < -0.3 is 9.84 Å². The summed E-state index contributed by atoms with van der Waals surface area (Å²) in [5.74, 6) is -0.157. The van der Waals surface area contributed by atoms with E-state index in [0.29, 0.717) is 12.2 Å². The summed E-state index contributed by atoms with van der Waals surface area (Å²) in [6.45, 7) is 0.673. The first-order valence-electron chi connectivity index (χ1n) is 6.20. The first kappa shape index (κ1) is 11.7. The minimum absolute atomic E-state index is 0.248. The fourth-order valence-electron chi connectivity index (χ4n) is 2.40. The van der Waals surface area contributed by atoms with E-state index in [1.807, 2.05) is 18.2 Å². The zero-order valence-electron chi connectivity index (χ0n) is 10.3. The normalized spacial score (nSPS) is 13.5. The Kier molecular flexibility index (Phi) is 2.91. The SMILES string of the molecule is O=C(O)c1ccncc1-c1cccc2c1OCCC2. The molecule has 2 aromatic rings. The van der Waals surface area contributed by atoms with Gasteiger partial charge in [0, 0.05) is 23.5 Å². The number of carboxylic acid groups (broad SMARTS) is 1. The number of pyridine rings is 1. The van der Waals surface area contributed by atoms with Crippen LogP contribution in [0, 0.1) is 0 Å². The van der Waals surface area contributed by atoms with Gasteiger partial charge in [0.2, 0.25) is 0 Å². The zero-order valence-corrected chi connectivity index (χ0v) is 10.3. The van der Waals surface area contributed by atoms with Gasteiger partial charge in [0.1, 0.15) is 5.75 Å². The van der Waals surface area contributed by atoms with Gasteiger partial charge in [-0.1, -0.05) is 18.2 Å². The molecule has 4 nitrogen and oxygen atoms in total. The Morgan fingerprint density at radius 1 is 1.26 bits per heavy atom. The van der Waals surface area contributed by atoms with Gasteiger partial charge in [-0.25, -0.2) is 4.79 Å². The average molecular weight is 255 g/mol. The van der Waals surface area contributed by atoms with Crippen molar-refractivity contribution in [2.75, 3.05) is 6.61 Å². The highest BCUT2D eigenvalue weighted by Gasteiger charge is 2.19. The first-order chi connectivity index (χ1) is 9.27. The summed E-state index contributed by atoms with van der Waals surface area (Å²) >= 11 is 0. The van der Waals surface area contributed by atoms with E-state index >= 15 is 0 Å². The zero-order chi connectivity index (χ0) is 13.2. The Bertz CT molecular complexity index is 637. The lowest BCUT2D eigenvalue weighted by molar-refractivity contribution is 0.0697. The number of carbonyl (C=O) groups is 1. The van der Waals surface area contributed by atoms with Gasteiger partial charge in [-0.2, -0.15) is 0 Å². The maximum atomic E-state index is 11.3. The molecule has 0 bridgehead atoms. The maximum Gasteiger partial charge on any atom is 0.336 e. The number of carboxylic acids is 1. The molecular formula is C15H13NO3. The van der Waals surface area contributed by atoms with Crippen molar-refractivity contribution in [3.05, 3.63) is 47.8 Å². The van der Waals surface area contributed by atoms with Crippen molar-refractivity contribution in [3.63, 3.8) is 0 Å². The van der Waals surface area contributed by atoms with Crippen LogP contribution in [0.25, 0.3) is 11.1 Å². The topological polar surface area (TPSA) is 59.4 Å². The second-order valence-electron chi connectivity index (χ2n) is 4.47.